The summed E-state index contributed by atoms with van der Waals surface area (Å²) < 4.78 is 0.249. The van der Waals surface area contributed by atoms with Gasteiger partial charge in [0.2, 0.25) is 5.95 Å². The number of H-pyrrole nitrogens is 1. The van der Waals surface area contributed by atoms with Crippen LogP contribution in [0, 0.1) is 0 Å². The lowest BCUT2D eigenvalue weighted by atomic mass is 10.2. The van der Waals surface area contributed by atoms with Crippen LogP contribution in [0.3, 0.4) is 0 Å². The molecular formula is C12H18N6S. The van der Waals surface area contributed by atoms with E-state index in [1.165, 1.54) is 0 Å². The van der Waals surface area contributed by atoms with Crippen LogP contribution in [0.5, 0.6) is 0 Å². The molecular weight excluding hydrogens is 260 g/mol. The second-order valence-corrected chi connectivity index (χ2v) is 7.08. The second kappa shape index (κ2) is 4.56. The molecule has 3 heterocycles. The highest BCUT2D eigenvalue weighted by Gasteiger charge is 2.29. The minimum Gasteiger partial charge on any atom is -0.357 e. The van der Waals surface area contributed by atoms with Gasteiger partial charge >= 0.3 is 0 Å². The van der Waals surface area contributed by atoms with Crippen LogP contribution < -0.4 is 10.2 Å². The fourth-order valence-corrected chi connectivity index (χ4v) is 3.48. The summed E-state index contributed by atoms with van der Waals surface area (Å²) in [6.07, 6.45) is 1.80. The molecule has 0 bridgehead atoms. The summed E-state index contributed by atoms with van der Waals surface area (Å²) in [4.78, 5) is 11.3. The van der Waals surface area contributed by atoms with Crippen LogP contribution in [0.15, 0.2) is 6.20 Å². The lowest BCUT2D eigenvalue weighted by molar-refractivity contribution is 0.644. The maximum absolute atomic E-state index is 4.62. The molecule has 0 unspecified atom stereocenters. The van der Waals surface area contributed by atoms with E-state index < -0.39 is 0 Å². The third-order valence-electron chi connectivity index (χ3n) is 3.24. The Bertz CT molecular complexity index is 593. The molecule has 0 spiro atoms. The van der Waals surface area contributed by atoms with Gasteiger partial charge in [-0.15, -0.1) is 0 Å². The molecule has 1 aliphatic heterocycles. The molecule has 0 radical (unpaired) electrons. The van der Waals surface area contributed by atoms with Gasteiger partial charge in [0.1, 0.15) is 5.82 Å². The first-order chi connectivity index (χ1) is 9.09. The Kier molecular flexibility index (Phi) is 3.00. The Balaban J connectivity index is 2.05. The average Bonchev–Trinajstić information content (AvgIpc) is 2.84. The van der Waals surface area contributed by atoms with Crippen LogP contribution in [-0.2, 0) is 0 Å². The number of thioether (sulfide) groups is 1. The van der Waals surface area contributed by atoms with Crippen molar-refractivity contribution < 1.29 is 0 Å². The summed E-state index contributed by atoms with van der Waals surface area (Å²) in [5.41, 5.74) is 0.783. The Morgan fingerprint density at radius 3 is 3.00 bits per heavy atom. The Morgan fingerprint density at radius 2 is 2.26 bits per heavy atom. The van der Waals surface area contributed by atoms with Crippen LogP contribution in [-0.4, -0.2) is 50.8 Å². The van der Waals surface area contributed by atoms with Gasteiger partial charge < -0.3 is 10.2 Å². The molecule has 0 amide bonds. The summed E-state index contributed by atoms with van der Waals surface area (Å²) >= 11 is 2.01. The fourth-order valence-electron chi connectivity index (χ4n) is 2.37. The minimum absolute atomic E-state index is 0.249. The first-order valence-electron chi connectivity index (χ1n) is 6.37. The quantitative estimate of drug-likeness (QED) is 0.872. The van der Waals surface area contributed by atoms with E-state index >= 15 is 0 Å². The predicted molar refractivity (Wildman–Crippen MR) is 80.0 cm³/mol. The van der Waals surface area contributed by atoms with E-state index in [2.05, 4.69) is 44.2 Å². The van der Waals surface area contributed by atoms with E-state index in [0.717, 1.165) is 35.7 Å². The summed E-state index contributed by atoms with van der Waals surface area (Å²) in [5, 5.41) is 11.0. The van der Waals surface area contributed by atoms with E-state index in [1.807, 2.05) is 18.8 Å². The molecule has 2 N–H and O–H groups in total. The molecule has 19 heavy (non-hydrogen) atoms. The SMILES string of the molecule is CNc1nc(N2CCSC(C)(C)C2)c2cn[nH]c2n1. The largest absolute Gasteiger partial charge is 0.357 e. The molecule has 102 valence electrons. The van der Waals surface area contributed by atoms with Gasteiger partial charge in [-0.2, -0.15) is 26.8 Å². The van der Waals surface area contributed by atoms with Crippen molar-refractivity contribution in [2.24, 2.45) is 0 Å². The van der Waals surface area contributed by atoms with Gasteiger partial charge in [0.15, 0.2) is 5.65 Å². The summed E-state index contributed by atoms with van der Waals surface area (Å²) in [6.45, 7) is 6.54. The van der Waals surface area contributed by atoms with Gasteiger partial charge in [0.05, 0.1) is 11.6 Å². The molecule has 7 heteroatoms. The zero-order chi connectivity index (χ0) is 13.5. The normalized spacial score (nSPS) is 18.8. The van der Waals surface area contributed by atoms with Crippen LogP contribution in [0.25, 0.3) is 11.0 Å². The number of rotatable bonds is 2. The summed E-state index contributed by atoms with van der Waals surface area (Å²) in [7, 11) is 1.83. The highest BCUT2D eigenvalue weighted by molar-refractivity contribution is 8.00. The molecule has 1 aliphatic rings. The number of nitrogens with zero attached hydrogens (tertiary/aromatic N) is 4. The molecule has 2 aromatic heterocycles. The van der Waals surface area contributed by atoms with E-state index in [0.29, 0.717) is 5.95 Å². The number of nitrogens with one attached hydrogen (secondary N) is 2. The maximum atomic E-state index is 4.62. The lowest BCUT2D eigenvalue weighted by Gasteiger charge is -2.38. The topological polar surface area (TPSA) is 69.7 Å². The van der Waals surface area contributed by atoms with Crippen molar-refractivity contribution >= 4 is 34.6 Å². The third kappa shape index (κ3) is 2.34. The summed E-state index contributed by atoms with van der Waals surface area (Å²) in [5.74, 6) is 2.71. The van der Waals surface area contributed by atoms with Crippen molar-refractivity contribution in [2.75, 3.05) is 36.1 Å². The second-order valence-electron chi connectivity index (χ2n) is 5.28. The van der Waals surface area contributed by atoms with Crippen LogP contribution in [0.2, 0.25) is 0 Å². The van der Waals surface area contributed by atoms with Gasteiger partial charge in [0, 0.05) is 30.6 Å². The summed E-state index contributed by atoms with van der Waals surface area (Å²) in [6, 6.07) is 0. The Morgan fingerprint density at radius 1 is 1.42 bits per heavy atom. The third-order valence-corrected chi connectivity index (χ3v) is 4.54. The monoisotopic (exact) mass is 278 g/mol. The van der Waals surface area contributed by atoms with E-state index in [9.17, 15) is 0 Å². The van der Waals surface area contributed by atoms with Gasteiger partial charge in [0.25, 0.3) is 0 Å². The standard InChI is InChI=1S/C12H18N6S/c1-12(2)7-18(4-5-19-12)10-8-6-14-17-9(8)15-11(13-3)16-10/h6H,4-5,7H2,1-3H3,(H2,13,14,15,16,17). The van der Waals surface area contributed by atoms with Crippen LogP contribution in [0.1, 0.15) is 13.8 Å². The Hall–Kier alpha value is -1.50. The molecule has 1 fully saturated rings. The molecule has 0 saturated carbocycles. The minimum atomic E-state index is 0.249. The molecule has 1 saturated heterocycles. The molecule has 0 aliphatic carbocycles. The number of hydrogen-bond donors (Lipinski definition) is 2. The van der Waals surface area contributed by atoms with Gasteiger partial charge in [-0.25, -0.2) is 0 Å². The molecule has 3 rings (SSSR count). The van der Waals surface area contributed by atoms with Crippen LogP contribution >= 0.6 is 11.8 Å². The number of anilines is 2. The van der Waals surface area contributed by atoms with Gasteiger partial charge in [-0.3, -0.25) is 5.10 Å². The number of aromatic nitrogens is 4. The smallest absolute Gasteiger partial charge is 0.226 e. The van der Waals surface area contributed by atoms with Crippen molar-refractivity contribution in [1.29, 1.82) is 0 Å². The first-order valence-corrected chi connectivity index (χ1v) is 7.35. The van der Waals surface area contributed by atoms with Gasteiger partial charge in [-0.05, 0) is 13.8 Å². The average molecular weight is 278 g/mol. The Labute approximate surface area is 116 Å². The molecule has 0 atom stereocenters. The zero-order valence-electron chi connectivity index (χ0n) is 11.4. The van der Waals surface area contributed by atoms with E-state index in [-0.39, 0.29) is 4.75 Å². The maximum Gasteiger partial charge on any atom is 0.226 e. The van der Waals surface area contributed by atoms with E-state index in [1.54, 1.807) is 6.20 Å². The predicted octanol–water partition coefficient (Wildman–Crippen LogP) is 1.73. The number of aromatic amines is 1. The van der Waals surface area contributed by atoms with Crippen molar-refractivity contribution in [3.05, 3.63) is 6.20 Å². The van der Waals surface area contributed by atoms with Crippen molar-refractivity contribution in [2.45, 2.75) is 18.6 Å². The van der Waals surface area contributed by atoms with Crippen molar-refractivity contribution in [1.82, 2.24) is 20.2 Å². The fraction of sp³-hybridized carbons (Fsp3) is 0.583. The number of fused-ring (bicyclic) bond motifs is 1. The molecule has 2 aromatic rings. The van der Waals surface area contributed by atoms with Crippen molar-refractivity contribution in [3.63, 3.8) is 0 Å². The van der Waals surface area contributed by atoms with E-state index in [4.69, 9.17) is 0 Å². The van der Waals surface area contributed by atoms with Crippen LogP contribution in [0.4, 0.5) is 11.8 Å². The highest BCUT2D eigenvalue weighted by atomic mass is 32.2. The van der Waals surface area contributed by atoms with Gasteiger partial charge in [-0.1, -0.05) is 0 Å². The zero-order valence-corrected chi connectivity index (χ0v) is 12.2. The number of hydrogen-bond acceptors (Lipinski definition) is 6. The first kappa shape index (κ1) is 12.5. The molecule has 0 aromatic carbocycles. The molecule has 6 nitrogen and oxygen atoms in total. The highest BCUT2D eigenvalue weighted by Crippen LogP contribution is 2.33. The van der Waals surface area contributed by atoms with Crippen molar-refractivity contribution in [3.8, 4) is 0 Å². The lowest BCUT2D eigenvalue weighted by Crippen LogP contribution is -2.43.